The Balaban J connectivity index is 1.84. The average Bonchev–Trinajstić information content (AvgIpc) is 3.05. The van der Waals surface area contributed by atoms with Gasteiger partial charge >= 0.3 is 0 Å². The Kier molecular flexibility index (Phi) is 5.71. The lowest BCUT2D eigenvalue weighted by atomic mass is 10.2. The Labute approximate surface area is 171 Å². The molecule has 0 saturated carbocycles. The first-order valence-corrected chi connectivity index (χ1v) is 10.3. The summed E-state index contributed by atoms with van der Waals surface area (Å²) in [5.41, 5.74) is 3.31. The number of sulfonamides is 1. The number of benzene rings is 2. The second-order valence-electron chi connectivity index (χ2n) is 6.26. The molecule has 2 N–H and O–H groups in total. The number of nitrogens with zero attached hydrogens (tertiary/aromatic N) is 3. The van der Waals surface area contributed by atoms with Gasteiger partial charge in [0.2, 0.25) is 0 Å². The SMILES string of the molecule is CCn1c(C)nc2cc(C(=O)NNS(=O)(=O)c3cc([N+](=O)[O-])ccc3OC)ccc21. The van der Waals surface area contributed by atoms with Crippen molar-refractivity contribution < 1.29 is 22.9 Å². The number of aryl methyl sites for hydroxylation is 2. The highest BCUT2D eigenvalue weighted by Crippen LogP contribution is 2.27. The van der Waals surface area contributed by atoms with Gasteiger partial charge in [0.05, 0.1) is 23.1 Å². The third kappa shape index (κ3) is 3.95. The molecule has 0 spiro atoms. The number of fused-ring (bicyclic) bond motifs is 1. The number of carbonyl (C=O) groups is 1. The lowest BCUT2D eigenvalue weighted by Gasteiger charge is -2.11. The average molecular weight is 433 g/mol. The van der Waals surface area contributed by atoms with E-state index in [0.29, 0.717) is 5.52 Å². The van der Waals surface area contributed by atoms with Crippen molar-refractivity contribution in [3.05, 3.63) is 57.9 Å². The van der Waals surface area contributed by atoms with E-state index in [4.69, 9.17) is 4.74 Å². The van der Waals surface area contributed by atoms with Crippen LogP contribution in [-0.4, -0.2) is 35.9 Å². The minimum Gasteiger partial charge on any atom is -0.495 e. The van der Waals surface area contributed by atoms with Crippen LogP contribution in [-0.2, 0) is 16.6 Å². The van der Waals surface area contributed by atoms with Gasteiger partial charge in [-0.15, -0.1) is 4.83 Å². The molecule has 0 atom stereocenters. The topological polar surface area (TPSA) is 145 Å². The molecule has 3 rings (SSSR count). The number of hydrogen-bond donors (Lipinski definition) is 2. The minimum atomic E-state index is -4.34. The van der Waals surface area contributed by atoms with Crippen LogP contribution in [0.2, 0.25) is 0 Å². The molecule has 0 aliphatic heterocycles. The summed E-state index contributed by atoms with van der Waals surface area (Å²) in [4.78, 5) is 28.5. The Bertz CT molecular complexity index is 1250. The number of nitro benzene ring substituents is 1. The summed E-state index contributed by atoms with van der Waals surface area (Å²) in [5.74, 6) is -0.0264. The Morgan fingerprint density at radius 1 is 1.27 bits per heavy atom. The lowest BCUT2D eigenvalue weighted by molar-refractivity contribution is -0.385. The first-order chi connectivity index (χ1) is 14.2. The molecule has 0 bridgehead atoms. The van der Waals surface area contributed by atoms with Gasteiger partial charge in [-0.05, 0) is 38.1 Å². The molecule has 0 aliphatic carbocycles. The Morgan fingerprint density at radius 2 is 2.00 bits per heavy atom. The fourth-order valence-electron chi connectivity index (χ4n) is 3.02. The first kappa shape index (κ1) is 21.2. The van der Waals surface area contributed by atoms with E-state index in [-0.39, 0.29) is 11.3 Å². The molecule has 1 heterocycles. The second kappa shape index (κ2) is 8.08. The molecule has 0 aliphatic rings. The maximum atomic E-state index is 12.6. The number of hydrazine groups is 1. The van der Waals surface area contributed by atoms with Crippen molar-refractivity contribution in [3.8, 4) is 5.75 Å². The van der Waals surface area contributed by atoms with Crippen LogP contribution < -0.4 is 15.0 Å². The number of hydrogen-bond acceptors (Lipinski definition) is 7. The number of imidazole rings is 1. The predicted molar refractivity (Wildman–Crippen MR) is 108 cm³/mol. The van der Waals surface area contributed by atoms with Crippen LogP contribution in [0.1, 0.15) is 23.1 Å². The summed E-state index contributed by atoms with van der Waals surface area (Å²) in [6.45, 7) is 4.55. The molecule has 158 valence electrons. The van der Waals surface area contributed by atoms with E-state index in [1.807, 2.05) is 23.2 Å². The zero-order chi connectivity index (χ0) is 22.1. The molecule has 1 amide bonds. The molecule has 0 unspecified atom stereocenters. The highest BCUT2D eigenvalue weighted by Gasteiger charge is 2.24. The molecule has 2 aromatic carbocycles. The van der Waals surface area contributed by atoms with Gasteiger partial charge in [0.15, 0.2) is 0 Å². The Hall–Kier alpha value is -3.51. The van der Waals surface area contributed by atoms with E-state index in [2.05, 4.69) is 10.4 Å². The number of nitrogens with one attached hydrogen (secondary N) is 2. The minimum absolute atomic E-state index is 0.107. The number of ether oxygens (including phenoxy) is 1. The molecule has 12 heteroatoms. The van der Waals surface area contributed by atoms with E-state index in [0.717, 1.165) is 36.1 Å². The van der Waals surface area contributed by atoms with E-state index < -0.39 is 31.4 Å². The van der Waals surface area contributed by atoms with Crippen molar-refractivity contribution in [1.29, 1.82) is 0 Å². The number of aromatic nitrogens is 2. The van der Waals surface area contributed by atoms with Crippen LogP contribution in [0, 0.1) is 17.0 Å². The van der Waals surface area contributed by atoms with Gasteiger partial charge in [0.1, 0.15) is 16.5 Å². The van der Waals surface area contributed by atoms with Crippen LogP contribution >= 0.6 is 0 Å². The van der Waals surface area contributed by atoms with Crippen molar-refractivity contribution in [2.45, 2.75) is 25.3 Å². The van der Waals surface area contributed by atoms with Gasteiger partial charge in [-0.25, -0.2) is 13.4 Å². The zero-order valence-electron chi connectivity index (χ0n) is 16.4. The predicted octanol–water partition coefficient (Wildman–Crippen LogP) is 1.90. The normalized spacial score (nSPS) is 11.4. The van der Waals surface area contributed by atoms with Crippen molar-refractivity contribution in [1.82, 2.24) is 19.8 Å². The third-order valence-corrected chi connectivity index (χ3v) is 5.73. The summed E-state index contributed by atoms with van der Waals surface area (Å²) < 4.78 is 32.1. The van der Waals surface area contributed by atoms with E-state index in [1.165, 1.54) is 7.11 Å². The van der Waals surface area contributed by atoms with Gasteiger partial charge in [-0.1, -0.05) is 0 Å². The van der Waals surface area contributed by atoms with E-state index >= 15 is 0 Å². The van der Waals surface area contributed by atoms with Crippen molar-refractivity contribution in [2.75, 3.05) is 7.11 Å². The van der Waals surface area contributed by atoms with Gasteiger partial charge in [0, 0.05) is 24.2 Å². The van der Waals surface area contributed by atoms with Crippen LogP contribution in [0.3, 0.4) is 0 Å². The van der Waals surface area contributed by atoms with Crippen LogP contribution in [0.25, 0.3) is 11.0 Å². The first-order valence-electron chi connectivity index (χ1n) is 8.79. The lowest BCUT2D eigenvalue weighted by Crippen LogP contribution is -2.41. The van der Waals surface area contributed by atoms with Gasteiger partial charge in [0.25, 0.3) is 21.6 Å². The van der Waals surface area contributed by atoms with Gasteiger partial charge in [-0.3, -0.25) is 20.3 Å². The molecule has 3 aromatic rings. The number of amides is 1. The van der Waals surface area contributed by atoms with Crippen molar-refractivity contribution >= 4 is 32.7 Å². The maximum Gasteiger partial charge on any atom is 0.271 e. The molecule has 1 aromatic heterocycles. The number of nitro groups is 1. The fraction of sp³-hybridized carbons (Fsp3) is 0.222. The fourth-order valence-corrected chi connectivity index (χ4v) is 4.05. The Morgan fingerprint density at radius 3 is 2.63 bits per heavy atom. The van der Waals surface area contributed by atoms with Crippen LogP contribution in [0.5, 0.6) is 5.75 Å². The zero-order valence-corrected chi connectivity index (χ0v) is 17.2. The second-order valence-corrected chi connectivity index (χ2v) is 7.91. The molecular weight excluding hydrogens is 414 g/mol. The van der Waals surface area contributed by atoms with Crippen LogP contribution in [0.15, 0.2) is 41.3 Å². The van der Waals surface area contributed by atoms with Crippen LogP contribution in [0.4, 0.5) is 5.69 Å². The van der Waals surface area contributed by atoms with Gasteiger partial charge in [-0.2, -0.15) is 0 Å². The highest BCUT2D eigenvalue weighted by atomic mass is 32.2. The van der Waals surface area contributed by atoms with Crippen molar-refractivity contribution in [3.63, 3.8) is 0 Å². The number of carbonyl (C=O) groups excluding carboxylic acids is 1. The third-order valence-electron chi connectivity index (χ3n) is 4.46. The molecule has 0 radical (unpaired) electrons. The monoisotopic (exact) mass is 433 g/mol. The summed E-state index contributed by atoms with van der Waals surface area (Å²) in [6.07, 6.45) is 0. The smallest absolute Gasteiger partial charge is 0.271 e. The highest BCUT2D eigenvalue weighted by molar-refractivity contribution is 7.89. The standard InChI is InChI=1S/C18H19N5O6S/c1-4-22-11(2)19-14-9-12(5-7-15(14)22)18(24)20-21-30(27,28)17-10-13(23(25)26)6-8-16(17)29-3/h5-10,21H,4H2,1-3H3,(H,20,24). The molecule has 30 heavy (non-hydrogen) atoms. The van der Waals surface area contributed by atoms with Gasteiger partial charge < -0.3 is 9.30 Å². The summed E-state index contributed by atoms with van der Waals surface area (Å²) in [7, 11) is -3.11. The largest absolute Gasteiger partial charge is 0.495 e. The molecule has 0 saturated heterocycles. The van der Waals surface area contributed by atoms with E-state index in [1.54, 1.807) is 18.2 Å². The maximum absolute atomic E-state index is 12.6. The quantitative estimate of drug-likeness (QED) is 0.427. The number of rotatable bonds is 7. The molecule has 11 nitrogen and oxygen atoms in total. The summed E-state index contributed by atoms with van der Waals surface area (Å²) >= 11 is 0. The number of methoxy groups -OCH3 is 1. The molecular formula is C18H19N5O6S. The summed E-state index contributed by atoms with van der Waals surface area (Å²) in [5, 5.41) is 11.0. The number of non-ortho nitro benzene ring substituents is 1. The molecule has 0 fully saturated rings. The van der Waals surface area contributed by atoms with Crippen molar-refractivity contribution in [2.24, 2.45) is 0 Å². The van der Waals surface area contributed by atoms with E-state index in [9.17, 15) is 23.3 Å². The summed E-state index contributed by atoms with van der Waals surface area (Å²) in [6, 6.07) is 7.95.